The largest absolute Gasteiger partial charge is 0.355 e. The molecule has 1 amide bonds. The van der Waals surface area contributed by atoms with E-state index in [1.165, 1.54) is 38.5 Å². The zero-order valence-corrected chi connectivity index (χ0v) is 19.9. The van der Waals surface area contributed by atoms with Crippen molar-refractivity contribution in [3.05, 3.63) is 0 Å². The molecule has 0 radical (unpaired) electrons. The molecule has 0 aliphatic rings. The van der Waals surface area contributed by atoms with Gasteiger partial charge in [-0.1, -0.05) is 33.1 Å². The molecular weight excluding hydrogens is 376 g/mol. The number of nitrogens with one attached hydrogen (secondary N) is 4. The molecule has 0 saturated carbocycles. The first-order valence-corrected chi connectivity index (χ1v) is 12.5. The van der Waals surface area contributed by atoms with Gasteiger partial charge in [-0.3, -0.25) is 4.79 Å². The Morgan fingerprint density at radius 1 is 0.733 bits per heavy atom. The molecule has 0 aromatic carbocycles. The second-order valence-electron chi connectivity index (χ2n) is 8.32. The van der Waals surface area contributed by atoms with E-state index >= 15 is 0 Å². The maximum Gasteiger partial charge on any atom is 0.236 e. The summed E-state index contributed by atoms with van der Waals surface area (Å²) in [6.45, 7) is 11.0. The summed E-state index contributed by atoms with van der Waals surface area (Å²) in [5.41, 5.74) is 11.5. The smallest absolute Gasteiger partial charge is 0.236 e. The fourth-order valence-corrected chi connectivity index (χ4v) is 3.51. The Hall–Kier alpha value is -0.730. The molecule has 0 bridgehead atoms. The standard InChI is InChI=1S/C23H52N6O/c1-3-11-21(12-4-2)28-19-6-5-13-22(25)23(30)29-20-10-18-27-16-8-7-15-26-17-9-14-24/h21-22,26-28H,3-20,24-25H2,1-2H3,(H,29,30)/t22-/m0/s1. The van der Waals surface area contributed by atoms with Crippen LogP contribution in [0.25, 0.3) is 0 Å². The predicted octanol–water partition coefficient (Wildman–Crippen LogP) is 1.86. The summed E-state index contributed by atoms with van der Waals surface area (Å²) in [5.74, 6) is -0.0126. The lowest BCUT2D eigenvalue weighted by atomic mass is 10.1. The number of rotatable bonds is 23. The van der Waals surface area contributed by atoms with E-state index in [2.05, 4.69) is 35.1 Å². The van der Waals surface area contributed by atoms with Crippen LogP contribution in [-0.4, -0.2) is 63.8 Å². The molecule has 0 unspecified atom stereocenters. The minimum atomic E-state index is -0.383. The summed E-state index contributed by atoms with van der Waals surface area (Å²) in [6.07, 6.45) is 12.1. The van der Waals surface area contributed by atoms with Crippen molar-refractivity contribution in [3.8, 4) is 0 Å². The van der Waals surface area contributed by atoms with Gasteiger partial charge in [0.1, 0.15) is 0 Å². The van der Waals surface area contributed by atoms with Crippen LogP contribution < -0.4 is 32.7 Å². The molecule has 8 N–H and O–H groups in total. The van der Waals surface area contributed by atoms with Crippen molar-refractivity contribution in [2.24, 2.45) is 11.5 Å². The molecule has 0 aliphatic heterocycles. The topological polar surface area (TPSA) is 117 Å². The Kier molecular flexibility index (Phi) is 22.4. The third kappa shape index (κ3) is 19.2. The van der Waals surface area contributed by atoms with E-state index in [9.17, 15) is 4.79 Å². The molecule has 7 heteroatoms. The van der Waals surface area contributed by atoms with Crippen molar-refractivity contribution in [2.75, 3.05) is 45.8 Å². The van der Waals surface area contributed by atoms with Gasteiger partial charge in [-0.05, 0) is 90.6 Å². The van der Waals surface area contributed by atoms with Crippen LogP contribution in [0.4, 0.5) is 0 Å². The Balaban J connectivity index is 3.47. The fourth-order valence-electron chi connectivity index (χ4n) is 3.51. The molecule has 0 saturated heterocycles. The van der Waals surface area contributed by atoms with E-state index in [4.69, 9.17) is 11.5 Å². The van der Waals surface area contributed by atoms with E-state index in [1.807, 2.05) is 0 Å². The molecule has 1 atom stereocenters. The lowest BCUT2D eigenvalue weighted by molar-refractivity contribution is -0.122. The third-order valence-corrected chi connectivity index (χ3v) is 5.33. The first-order valence-electron chi connectivity index (χ1n) is 12.5. The van der Waals surface area contributed by atoms with Gasteiger partial charge in [0, 0.05) is 12.6 Å². The zero-order chi connectivity index (χ0) is 22.3. The van der Waals surface area contributed by atoms with Crippen LogP contribution in [0.2, 0.25) is 0 Å². The van der Waals surface area contributed by atoms with Gasteiger partial charge in [-0.15, -0.1) is 0 Å². The highest BCUT2D eigenvalue weighted by atomic mass is 16.2. The lowest BCUT2D eigenvalue weighted by Gasteiger charge is -2.17. The Morgan fingerprint density at radius 2 is 1.30 bits per heavy atom. The quantitative estimate of drug-likeness (QED) is 0.138. The molecule has 0 aromatic rings. The Morgan fingerprint density at radius 3 is 1.90 bits per heavy atom. The van der Waals surface area contributed by atoms with Crippen LogP contribution in [0.3, 0.4) is 0 Å². The summed E-state index contributed by atoms with van der Waals surface area (Å²) in [6, 6.07) is 0.260. The van der Waals surface area contributed by atoms with Gasteiger partial charge in [-0.25, -0.2) is 0 Å². The summed E-state index contributed by atoms with van der Waals surface area (Å²) in [5, 5.41) is 13.4. The average Bonchev–Trinajstić information content (AvgIpc) is 2.74. The molecule has 0 spiro atoms. The van der Waals surface area contributed by atoms with Gasteiger partial charge in [-0.2, -0.15) is 0 Å². The summed E-state index contributed by atoms with van der Waals surface area (Å²) in [7, 11) is 0. The van der Waals surface area contributed by atoms with Crippen molar-refractivity contribution < 1.29 is 4.79 Å². The first-order chi connectivity index (χ1) is 14.7. The van der Waals surface area contributed by atoms with Crippen LogP contribution in [0.15, 0.2) is 0 Å². The number of carbonyl (C=O) groups is 1. The van der Waals surface area contributed by atoms with Crippen LogP contribution in [0.1, 0.15) is 84.5 Å². The van der Waals surface area contributed by atoms with Crippen molar-refractivity contribution >= 4 is 5.91 Å². The van der Waals surface area contributed by atoms with Gasteiger partial charge >= 0.3 is 0 Å². The second kappa shape index (κ2) is 22.9. The number of carbonyl (C=O) groups excluding carboxylic acids is 1. The van der Waals surface area contributed by atoms with Gasteiger partial charge < -0.3 is 32.7 Å². The normalized spacial score (nSPS) is 12.4. The Bertz CT molecular complexity index is 364. The van der Waals surface area contributed by atoms with Crippen LogP contribution in [0.5, 0.6) is 0 Å². The van der Waals surface area contributed by atoms with E-state index in [0.717, 1.165) is 71.4 Å². The molecule has 30 heavy (non-hydrogen) atoms. The van der Waals surface area contributed by atoms with Gasteiger partial charge in [0.05, 0.1) is 6.04 Å². The van der Waals surface area contributed by atoms with Crippen molar-refractivity contribution in [3.63, 3.8) is 0 Å². The highest BCUT2D eigenvalue weighted by molar-refractivity contribution is 5.81. The van der Waals surface area contributed by atoms with Gasteiger partial charge in [0.15, 0.2) is 0 Å². The molecule has 0 fully saturated rings. The van der Waals surface area contributed by atoms with Crippen molar-refractivity contribution in [1.29, 1.82) is 0 Å². The number of hydrogen-bond donors (Lipinski definition) is 6. The molecule has 7 nitrogen and oxygen atoms in total. The summed E-state index contributed by atoms with van der Waals surface area (Å²) < 4.78 is 0. The molecule has 0 aliphatic carbocycles. The van der Waals surface area contributed by atoms with Crippen LogP contribution >= 0.6 is 0 Å². The summed E-state index contributed by atoms with van der Waals surface area (Å²) >= 11 is 0. The molecule has 0 rings (SSSR count). The van der Waals surface area contributed by atoms with Crippen LogP contribution in [-0.2, 0) is 4.79 Å². The highest BCUT2D eigenvalue weighted by Crippen LogP contribution is 2.05. The second-order valence-corrected chi connectivity index (χ2v) is 8.32. The summed E-state index contributed by atoms with van der Waals surface area (Å²) in [4.78, 5) is 12.1. The third-order valence-electron chi connectivity index (χ3n) is 5.33. The fraction of sp³-hybridized carbons (Fsp3) is 0.957. The maximum absolute atomic E-state index is 12.1. The van der Waals surface area contributed by atoms with Gasteiger partial charge in [0.25, 0.3) is 0 Å². The van der Waals surface area contributed by atoms with Crippen molar-refractivity contribution in [1.82, 2.24) is 21.3 Å². The number of unbranched alkanes of at least 4 members (excludes halogenated alkanes) is 2. The van der Waals surface area contributed by atoms with Crippen LogP contribution in [0, 0.1) is 0 Å². The van der Waals surface area contributed by atoms with E-state index in [0.29, 0.717) is 12.6 Å². The van der Waals surface area contributed by atoms with E-state index < -0.39 is 0 Å². The number of hydrogen-bond acceptors (Lipinski definition) is 6. The molecular formula is C23H52N6O. The van der Waals surface area contributed by atoms with Gasteiger partial charge in [0.2, 0.25) is 5.91 Å². The predicted molar refractivity (Wildman–Crippen MR) is 130 cm³/mol. The zero-order valence-electron chi connectivity index (χ0n) is 19.9. The highest BCUT2D eigenvalue weighted by Gasteiger charge is 2.12. The Labute approximate surface area is 186 Å². The average molecular weight is 429 g/mol. The number of amides is 1. The number of nitrogens with two attached hydrogens (primary N) is 2. The SMILES string of the molecule is CCCC(CCC)NCCCC[C@H](N)C(=O)NCCCNCCCCNCCCN. The molecule has 0 heterocycles. The molecule has 0 aromatic heterocycles. The minimum Gasteiger partial charge on any atom is -0.355 e. The first kappa shape index (κ1) is 29.3. The minimum absolute atomic E-state index is 0.0126. The van der Waals surface area contributed by atoms with Crippen molar-refractivity contribution in [2.45, 2.75) is 96.6 Å². The maximum atomic E-state index is 12.1. The van der Waals surface area contributed by atoms with E-state index in [-0.39, 0.29) is 11.9 Å². The molecule has 180 valence electrons. The monoisotopic (exact) mass is 428 g/mol. The van der Waals surface area contributed by atoms with E-state index in [1.54, 1.807) is 0 Å². The lowest BCUT2D eigenvalue weighted by Crippen LogP contribution is -2.41.